The summed E-state index contributed by atoms with van der Waals surface area (Å²) in [5.41, 5.74) is -4.41. The van der Waals surface area contributed by atoms with Crippen LogP contribution in [0.3, 0.4) is 0 Å². The fourth-order valence-corrected chi connectivity index (χ4v) is 7.59. The smallest absolute Gasteiger partial charge is 0.359 e. The van der Waals surface area contributed by atoms with E-state index in [1.54, 1.807) is 6.92 Å². The lowest BCUT2D eigenvalue weighted by atomic mass is 9.45. The van der Waals surface area contributed by atoms with Gasteiger partial charge in [0, 0.05) is 11.3 Å². The van der Waals surface area contributed by atoms with E-state index in [1.165, 1.54) is 12.2 Å². The molecule has 4 fully saturated rings. The molecule has 6 nitrogen and oxygen atoms in total. The Hall–Kier alpha value is -2.09. The van der Waals surface area contributed by atoms with Crippen LogP contribution in [0.25, 0.3) is 0 Å². The lowest BCUT2D eigenvalue weighted by Gasteiger charge is -2.62. The minimum absolute atomic E-state index is 0.0209. The molecule has 0 amide bonds. The van der Waals surface area contributed by atoms with E-state index in [0.29, 0.717) is 19.3 Å². The van der Waals surface area contributed by atoms with Gasteiger partial charge in [-0.2, -0.15) is 0 Å². The van der Waals surface area contributed by atoms with Gasteiger partial charge in [0.15, 0.2) is 11.5 Å². The number of hydrogen-bond acceptors (Lipinski definition) is 6. The molecule has 180 valence electrons. The van der Waals surface area contributed by atoms with Crippen molar-refractivity contribution in [2.75, 3.05) is 0 Å². The number of ketones is 1. The fourth-order valence-electron chi connectivity index (χ4n) is 7.59. The van der Waals surface area contributed by atoms with Gasteiger partial charge >= 0.3 is 11.9 Å². The minimum Gasteiger partial charge on any atom is -0.390 e. The molecule has 5 aliphatic rings. The highest BCUT2D eigenvalue weighted by atomic mass is 19.1. The number of carbonyl (C=O) groups is 3. The van der Waals surface area contributed by atoms with E-state index >= 15 is 8.78 Å². The van der Waals surface area contributed by atoms with E-state index in [1.807, 2.05) is 13.8 Å². The number of allylic oxidation sites excluding steroid dienone is 4. The fraction of sp³-hybridized carbons (Fsp3) is 0.720. The first-order chi connectivity index (χ1) is 15.4. The van der Waals surface area contributed by atoms with E-state index in [2.05, 4.69) is 0 Å². The van der Waals surface area contributed by atoms with Crippen LogP contribution in [0.5, 0.6) is 0 Å². The molecule has 9 atom stereocenters. The van der Waals surface area contributed by atoms with Gasteiger partial charge in [0.2, 0.25) is 0 Å². The lowest BCUT2D eigenvalue weighted by Crippen LogP contribution is -2.68. The number of alkyl halides is 2. The summed E-state index contributed by atoms with van der Waals surface area (Å²) < 4.78 is 32.4. The quantitative estimate of drug-likeness (QED) is 0.496. The topological polar surface area (TPSA) is 89.9 Å². The van der Waals surface area contributed by atoms with E-state index < -0.39 is 52.5 Å². The molecule has 33 heavy (non-hydrogen) atoms. The summed E-state index contributed by atoms with van der Waals surface area (Å²) in [6, 6.07) is 0. The average Bonchev–Trinajstić information content (AvgIpc) is 3.55. The first-order valence-corrected chi connectivity index (χ1v) is 11.8. The van der Waals surface area contributed by atoms with Crippen molar-refractivity contribution >= 4 is 17.7 Å². The summed E-state index contributed by atoms with van der Waals surface area (Å²) in [5, 5.41) is 11.2. The zero-order valence-corrected chi connectivity index (χ0v) is 19.1. The number of carbonyl (C=O) groups excluding carboxylic acids is 3. The maximum Gasteiger partial charge on any atom is 0.359 e. The highest BCUT2D eigenvalue weighted by Gasteiger charge is 2.73. The molecule has 8 heteroatoms. The monoisotopic (exact) mass is 464 g/mol. The molecule has 0 aromatic heterocycles. The van der Waals surface area contributed by atoms with Gasteiger partial charge in [-0.25, -0.2) is 28.1 Å². The number of hydrogen-bond donors (Lipinski definition) is 1. The van der Waals surface area contributed by atoms with Crippen LogP contribution in [-0.4, -0.2) is 40.8 Å². The summed E-state index contributed by atoms with van der Waals surface area (Å²) in [7, 11) is 0. The molecule has 0 unspecified atom stereocenters. The van der Waals surface area contributed by atoms with Crippen LogP contribution < -0.4 is 0 Å². The van der Waals surface area contributed by atoms with Crippen molar-refractivity contribution in [1.82, 2.24) is 0 Å². The molecule has 4 saturated carbocycles. The van der Waals surface area contributed by atoms with Crippen molar-refractivity contribution in [3.63, 3.8) is 0 Å². The number of rotatable bonds is 2. The van der Waals surface area contributed by atoms with Crippen LogP contribution in [-0.2, 0) is 24.2 Å². The second kappa shape index (κ2) is 7.20. The molecule has 0 aromatic rings. The standard InChI is InChI=1S/C25H30F2O6/c1-12-8-15-16-10-18(26)17-9-14(28)6-7-24(17,3)25(16,27)19(29)11-23(15,2)20(12)22(31)33-32-21(30)13-4-5-13/h6-7,9,12-13,15-16,18-20,29H,4-5,8,10-11H2,1-3H3/t12-,15+,16+,18+,19+,20-,23+,24+,25+/m1/s1. The molecule has 0 aromatic carbocycles. The molecule has 0 aliphatic heterocycles. The van der Waals surface area contributed by atoms with Crippen LogP contribution in [0.4, 0.5) is 8.78 Å². The Kier molecular flexibility index (Phi) is 4.95. The number of fused-ring (bicyclic) bond motifs is 5. The summed E-state index contributed by atoms with van der Waals surface area (Å²) in [4.78, 5) is 46.4. The SMILES string of the molecule is C[C@@H]1C[C@H]2[C@@H]3C[C@H](F)C4=CC(=O)C=C[C@]4(C)[C@@]3(F)[C@@H](O)C[C@]2(C)[C@H]1C(=O)OOC(=O)C1CC1. The summed E-state index contributed by atoms with van der Waals surface area (Å²) >= 11 is 0. The summed E-state index contributed by atoms with van der Waals surface area (Å²) in [5.74, 6) is -4.08. The predicted molar refractivity (Wildman–Crippen MR) is 112 cm³/mol. The van der Waals surface area contributed by atoms with E-state index in [0.717, 1.165) is 6.08 Å². The number of halogens is 2. The summed E-state index contributed by atoms with van der Waals surface area (Å²) in [6.07, 6.45) is 2.50. The molecule has 5 aliphatic carbocycles. The largest absolute Gasteiger partial charge is 0.390 e. The van der Waals surface area contributed by atoms with Crippen molar-refractivity contribution < 1.29 is 38.0 Å². The first-order valence-electron chi connectivity index (χ1n) is 11.8. The molecule has 0 saturated heterocycles. The zero-order chi connectivity index (χ0) is 23.9. The average molecular weight is 465 g/mol. The third-order valence-electron chi connectivity index (χ3n) is 9.34. The van der Waals surface area contributed by atoms with Gasteiger partial charge in [0.1, 0.15) is 6.17 Å². The van der Waals surface area contributed by atoms with E-state index in [-0.39, 0.29) is 42.0 Å². The third kappa shape index (κ3) is 3.01. The van der Waals surface area contributed by atoms with Crippen molar-refractivity contribution in [3.8, 4) is 0 Å². The Morgan fingerprint density at radius 3 is 2.45 bits per heavy atom. The number of aliphatic hydroxyl groups excluding tert-OH is 1. The second-order valence-electron chi connectivity index (χ2n) is 11.2. The second-order valence-corrected chi connectivity index (χ2v) is 11.2. The molecule has 0 bridgehead atoms. The predicted octanol–water partition coefficient (Wildman–Crippen LogP) is 3.58. The maximum atomic E-state index is 17.0. The molecule has 0 radical (unpaired) electrons. The van der Waals surface area contributed by atoms with Crippen molar-refractivity contribution in [2.45, 2.75) is 70.8 Å². The van der Waals surface area contributed by atoms with Gasteiger partial charge in [-0.1, -0.05) is 19.9 Å². The summed E-state index contributed by atoms with van der Waals surface area (Å²) in [6.45, 7) is 5.22. The zero-order valence-electron chi connectivity index (χ0n) is 19.1. The van der Waals surface area contributed by atoms with Gasteiger partial charge in [-0.3, -0.25) is 4.79 Å². The van der Waals surface area contributed by atoms with E-state index in [9.17, 15) is 19.5 Å². The van der Waals surface area contributed by atoms with Gasteiger partial charge < -0.3 is 5.11 Å². The van der Waals surface area contributed by atoms with Crippen molar-refractivity contribution in [3.05, 3.63) is 23.8 Å². The Bertz CT molecular complexity index is 972. The normalized spacial score (nSPS) is 48.3. The Labute approximate surface area is 191 Å². The molecule has 1 N–H and O–H groups in total. The molecule has 0 spiro atoms. The van der Waals surface area contributed by atoms with Crippen molar-refractivity contribution in [2.24, 2.45) is 40.4 Å². The van der Waals surface area contributed by atoms with Crippen molar-refractivity contribution in [1.29, 1.82) is 0 Å². The highest BCUT2D eigenvalue weighted by Crippen LogP contribution is 2.70. The Morgan fingerprint density at radius 2 is 1.79 bits per heavy atom. The molecule has 5 rings (SSSR count). The first kappa shape index (κ1) is 22.7. The number of aliphatic hydroxyl groups is 1. The van der Waals surface area contributed by atoms with Gasteiger partial charge in [-0.15, -0.1) is 0 Å². The Balaban J connectivity index is 1.47. The van der Waals surface area contributed by atoms with Crippen LogP contribution >= 0.6 is 0 Å². The van der Waals surface area contributed by atoms with E-state index in [4.69, 9.17) is 9.78 Å². The van der Waals surface area contributed by atoms with Gasteiger partial charge in [0.05, 0.1) is 17.9 Å². The van der Waals surface area contributed by atoms with Crippen LogP contribution in [0, 0.1) is 40.4 Å². The van der Waals surface area contributed by atoms with Crippen LogP contribution in [0.15, 0.2) is 23.8 Å². The molecular weight excluding hydrogens is 434 g/mol. The molecular formula is C25H30F2O6. The highest BCUT2D eigenvalue weighted by molar-refractivity contribution is 6.01. The third-order valence-corrected chi connectivity index (χ3v) is 9.34. The minimum atomic E-state index is -2.18. The van der Waals surface area contributed by atoms with Gasteiger partial charge in [-0.05, 0) is 74.0 Å². The van der Waals surface area contributed by atoms with Crippen LogP contribution in [0.2, 0.25) is 0 Å². The molecule has 0 heterocycles. The van der Waals surface area contributed by atoms with Crippen LogP contribution in [0.1, 0.15) is 52.9 Å². The van der Waals surface area contributed by atoms with Gasteiger partial charge in [0.25, 0.3) is 0 Å². The lowest BCUT2D eigenvalue weighted by molar-refractivity contribution is -0.269. The Morgan fingerprint density at radius 1 is 1.12 bits per heavy atom. The maximum absolute atomic E-state index is 17.0.